The molecule has 2 heterocycles. The third-order valence-corrected chi connectivity index (χ3v) is 3.65. The molecule has 7 heteroatoms. The summed E-state index contributed by atoms with van der Waals surface area (Å²) in [4.78, 5) is 25.2. The van der Waals surface area contributed by atoms with Crippen LogP contribution in [0.15, 0.2) is 27.9 Å². The van der Waals surface area contributed by atoms with Gasteiger partial charge < -0.3 is 14.9 Å². The highest BCUT2D eigenvalue weighted by molar-refractivity contribution is 5.22. The minimum atomic E-state index is -1.27. The second-order valence-electron chi connectivity index (χ2n) is 5.04. The van der Waals surface area contributed by atoms with Crippen LogP contribution in [0.2, 0.25) is 0 Å². The van der Waals surface area contributed by atoms with Crippen molar-refractivity contribution in [2.24, 2.45) is 0 Å². The monoisotopic (exact) mass is 266 g/mol. The maximum absolute atomic E-state index is 11.8. The smallest absolute Gasteiger partial charge is 0.330 e. The van der Waals surface area contributed by atoms with Crippen molar-refractivity contribution in [1.29, 1.82) is 0 Å². The molecule has 1 aromatic rings. The number of aliphatic hydroxyl groups excluding tert-OH is 1. The molecule has 4 atom stereocenters. The predicted octanol–water partition coefficient (Wildman–Crippen LogP) is -1.21. The molecule has 0 radical (unpaired) electrons. The number of fused-ring (bicyclic) bond motifs is 1. The Morgan fingerprint density at radius 2 is 2.26 bits per heavy atom. The first kappa shape index (κ1) is 12.3. The van der Waals surface area contributed by atoms with Gasteiger partial charge in [-0.1, -0.05) is 12.2 Å². The molecule has 1 fully saturated rings. The van der Waals surface area contributed by atoms with Crippen LogP contribution in [0.4, 0.5) is 0 Å². The van der Waals surface area contributed by atoms with Gasteiger partial charge in [-0.3, -0.25) is 14.3 Å². The van der Waals surface area contributed by atoms with E-state index >= 15 is 0 Å². The van der Waals surface area contributed by atoms with Crippen molar-refractivity contribution in [3.05, 3.63) is 44.8 Å². The number of aryl methyl sites for hydroxylation is 1. The lowest BCUT2D eigenvalue weighted by molar-refractivity contribution is -0.0779. The van der Waals surface area contributed by atoms with Crippen molar-refractivity contribution in [2.45, 2.75) is 37.4 Å². The lowest BCUT2D eigenvalue weighted by Crippen LogP contribution is -2.38. The van der Waals surface area contributed by atoms with Gasteiger partial charge in [-0.15, -0.1) is 0 Å². The average molecular weight is 266 g/mol. The summed E-state index contributed by atoms with van der Waals surface area (Å²) < 4.78 is 6.77. The van der Waals surface area contributed by atoms with Gasteiger partial charge in [-0.25, -0.2) is 4.79 Å². The Bertz CT molecular complexity index is 661. The molecule has 1 aliphatic heterocycles. The van der Waals surface area contributed by atoms with Crippen LogP contribution in [-0.4, -0.2) is 37.6 Å². The Balaban J connectivity index is 1.98. The summed E-state index contributed by atoms with van der Waals surface area (Å²) in [5.74, 6) is 0. The van der Waals surface area contributed by atoms with Crippen molar-refractivity contribution >= 4 is 0 Å². The van der Waals surface area contributed by atoms with Crippen LogP contribution in [0.1, 0.15) is 18.2 Å². The Morgan fingerprint density at radius 1 is 1.53 bits per heavy atom. The summed E-state index contributed by atoms with van der Waals surface area (Å²) in [5, 5.41) is 20.0. The summed E-state index contributed by atoms with van der Waals surface area (Å²) in [6.07, 6.45) is 2.13. The van der Waals surface area contributed by atoms with E-state index < -0.39 is 35.3 Å². The first-order valence-electron chi connectivity index (χ1n) is 5.98. The van der Waals surface area contributed by atoms with Crippen molar-refractivity contribution in [3.63, 3.8) is 0 Å². The number of H-pyrrole nitrogens is 1. The SMILES string of the molecule is Cc1cn([C@H]2C[C@@]3(O)C=C[C@@H](O)[C@H]3O2)c(=O)[nH]c1=O. The van der Waals surface area contributed by atoms with Crippen LogP contribution in [0.25, 0.3) is 0 Å². The molecule has 0 amide bonds. The first-order chi connectivity index (χ1) is 8.90. The van der Waals surface area contributed by atoms with Crippen molar-refractivity contribution in [2.75, 3.05) is 0 Å². The zero-order chi connectivity index (χ0) is 13.8. The summed E-state index contributed by atoms with van der Waals surface area (Å²) in [5.41, 5.74) is -1.93. The van der Waals surface area contributed by atoms with Crippen LogP contribution in [0, 0.1) is 6.92 Å². The molecule has 0 saturated carbocycles. The van der Waals surface area contributed by atoms with E-state index in [1.807, 2.05) is 0 Å². The maximum Gasteiger partial charge on any atom is 0.330 e. The lowest BCUT2D eigenvalue weighted by Gasteiger charge is -2.20. The topological polar surface area (TPSA) is 105 Å². The molecule has 1 aromatic heterocycles. The Labute approximate surface area is 107 Å². The number of hydrogen-bond donors (Lipinski definition) is 3. The van der Waals surface area contributed by atoms with Gasteiger partial charge in [-0.05, 0) is 6.92 Å². The van der Waals surface area contributed by atoms with Gasteiger partial charge in [0.15, 0.2) is 0 Å². The molecular weight excluding hydrogens is 252 g/mol. The number of aromatic amines is 1. The van der Waals surface area contributed by atoms with E-state index in [0.29, 0.717) is 5.56 Å². The lowest BCUT2D eigenvalue weighted by atomic mass is 9.98. The Hall–Kier alpha value is -1.70. The fourth-order valence-corrected chi connectivity index (χ4v) is 2.60. The second kappa shape index (κ2) is 3.89. The first-order valence-corrected chi connectivity index (χ1v) is 5.98. The number of nitrogens with one attached hydrogen (secondary N) is 1. The van der Waals surface area contributed by atoms with Crippen molar-refractivity contribution in [3.8, 4) is 0 Å². The Morgan fingerprint density at radius 3 is 2.95 bits per heavy atom. The Kier molecular flexibility index (Phi) is 2.53. The summed E-state index contributed by atoms with van der Waals surface area (Å²) in [6.45, 7) is 1.58. The average Bonchev–Trinajstić information content (AvgIpc) is 2.81. The van der Waals surface area contributed by atoms with Gasteiger partial charge in [0.05, 0.1) is 0 Å². The summed E-state index contributed by atoms with van der Waals surface area (Å²) in [6, 6.07) is 0. The number of hydrogen-bond acceptors (Lipinski definition) is 5. The van der Waals surface area contributed by atoms with E-state index in [0.717, 1.165) is 0 Å². The number of aliphatic hydroxyl groups is 2. The number of rotatable bonds is 1. The van der Waals surface area contributed by atoms with Gasteiger partial charge in [0.25, 0.3) is 5.56 Å². The molecule has 2 aliphatic rings. The van der Waals surface area contributed by atoms with E-state index in [9.17, 15) is 19.8 Å². The van der Waals surface area contributed by atoms with Crippen LogP contribution < -0.4 is 11.2 Å². The largest absolute Gasteiger partial charge is 0.386 e. The van der Waals surface area contributed by atoms with Gasteiger partial charge in [0.2, 0.25) is 0 Å². The number of ether oxygens (including phenoxy) is 1. The summed E-state index contributed by atoms with van der Waals surface area (Å²) in [7, 11) is 0. The van der Waals surface area contributed by atoms with Crippen LogP contribution in [0.5, 0.6) is 0 Å². The molecule has 3 rings (SSSR count). The van der Waals surface area contributed by atoms with E-state index in [-0.39, 0.29) is 6.42 Å². The third-order valence-electron chi connectivity index (χ3n) is 3.65. The molecule has 19 heavy (non-hydrogen) atoms. The molecule has 1 saturated heterocycles. The van der Waals surface area contributed by atoms with E-state index in [4.69, 9.17) is 4.74 Å². The minimum absolute atomic E-state index is 0.149. The number of nitrogens with zero attached hydrogens (tertiary/aromatic N) is 1. The fourth-order valence-electron chi connectivity index (χ4n) is 2.60. The van der Waals surface area contributed by atoms with Crippen LogP contribution >= 0.6 is 0 Å². The van der Waals surface area contributed by atoms with Crippen molar-refractivity contribution < 1.29 is 14.9 Å². The van der Waals surface area contributed by atoms with Crippen molar-refractivity contribution in [1.82, 2.24) is 9.55 Å². The summed E-state index contributed by atoms with van der Waals surface area (Å²) >= 11 is 0. The molecule has 0 bridgehead atoms. The van der Waals surface area contributed by atoms with E-state index in [1.54, 1.807) is 6.92 Å². The molecule has 0 spiro atoms. The highest BCUT2D eigenvalue weighted by Gasteiger charge is 2.52. The zero-order valence-electron chi connectivity index (χ0n) is 10.2. The maximum atomic E-state index is 11.8. The van der Waals surface area contributed by atoms with E-state index in [1.165, 1.54) is 22.9 Å². The highest BCUT2D eigenvalue weighted by Crippen LogP contribution is 2.42. The normalized spacial score (nSPS) is 36.7. The fraction of sp³-hybridized carbons (Fsp3) is 0.500. The molecule has 7 nitrogen and oxygen atoms in total. The van der Waals surface area contributed by atoms with Gasteiger partial charge >= 0.3 is 5.69 Å². The quantitative estimate of drug-likeness (QED) is 0.553. The molecule has 3 N–H and O–H groups in total. The highest BCUT2D eigenvalue weighted by atomic mass is 16.5. The van der Waals surface area contributed by atoms with Gasteiger partial charge in [0.1, 0.15) is 24.0 Å². The molecule has 0 unspecified atom stereocenters. The van der Waals surface area contributed by atoms with Gasteiger partial charge in [-0.2, -0.15) is 0 Å². The van der Waals surface area contributed by atoms with Crippen LogP contribution in [0.3, 0.4) is 0 Å². The van der Waals surface area contributed by atoms with E-state index in [2.05, 4.69) is 4.98 Å². The van der Waals surface area contributed by atoms with Crippen LogP contribution in [-0.2, 0) is 4.74 Å². The molecule has 0 aromatic carbocycles. The second-order valence-corrected chi connectivity index (χ2v) is 5.04. The molecule has 102 valence electrons. The zero-order valence-corrected chi connectivity index (χ0v) is 10.2. The van der Waals surface area contributed by atoms with Gasteiger partial charge in [0, 0.05) is 18.2 Å². The minimum Gasteiger partial charge on any atom is -0.386 e. The standard InChI is InChI=1S/C12H14N2O5/c1-6-5-14(11(17)13-10(6)16)8-4-12(18)3-2-7(15)9(12)19-8/h2-3,5,7-9,15,18H,4H2,1H3,(H,13,16,17)/t7-,8-,9-,12+/m1/s1. The third kappa shape index (κ3) is 1.78. The number of aromatic nitrogens is 2. The predicted molar refractivity (Wildman–Crippen MR) is 64.7 cm³/mol. The molecular formula is C12H14N2O5. The molecule has 1 aliphatic carbocycles.